The topological polar surface area (TPSA) is 30.5 Å². The zero-order valence-electron chi connectivity index (χ0n) is 11.9. The largest absolute Gasteiger partial charge is 0.497 e. The first kappa shape index (κ1) is 12.9. The molecule has 1 atom stereocenters. The lowest BCUT2D eigenvalue weighted by molar-refractivity contribution is -0.100. The lowest BCUT2D eigenvalue weighted by Gasteiger charge is -2.40. The molecule has 0 saturated carbocycles. The molecule has 1 fully saturated rings. The molecule has 19 heavy (non-hydrogen) atoms. The van der Waals surface area contributed by atoms with Crippen LogP contribution in [0.15, 0.2) is 18.2 Å². The van der Waals surface area contributed by atoms with Crippen LogP contribution in [0.1, 0.15) is 24.5 Å². The van der Waals surface area contributed by atoms with Gasteiger partial charge in [-0.2, -0.15) is 0 Å². The highest BCUT2D eigenvalue weighted by molar-refractivity contribution is 5.37. The Morgan fingerprint density at radius 1 is 1.37 bits per heavy atom. The molecule has 104 valence electrons. The van der Waals surface area contributed by atoms with Crippen LogP contribution in [0.25, 0.3) is 0 Å². The third-order valence-corrected chi connectivity index (χ3v) is 4.36. The van der Waals surface area contributed by atoms with Gasteiger partial charge < -0.3 is 14.8 Å². The highest BCUT2D eigenvalue weighted by Gasteiger charge is 2.33. The van der Waals surface area contributed by atoms with Crippen LogP contribution in [0.3, 0.4) is 0 Å². The molecule has 1 unspecified atom stereocenters. The molecule has 3 nitrogen and oxygen atoms in total. The van der Waals surface area contributed by atoms with Crippen LogP contribution >= 0.6 is 0 Å². The van der Waals surface area contributed by atoms with E-state index in [2.05, 4.69) is 30.4 Å². The minimum atomic E-state index is 0.356. The SMILES string of the molecule is COc1ccc2c(c1)CC(NCC1(C)COC1)CC2. The summed E-state index contributed by atoms with van der Waals surface area (Å²) < 4.78 is 10.6. The predicted octanol–water partition coefficient (Wildman–Crippen LogP) is 2.18. The summed E-state index contributed by atoms with van der Waals surface area (Å²) in [6.07, 6.45) is 3.52. The van der Waals surface area contributed by atoms with Crippen molar-refractivity contribution in [1.29, 1.82) is 0 Å². The standard InChI is InChI=1S/C16H23NO2/c1-16(10-19-11-16)9-17-14-5-3-12-4-6-15(18-2)8-13(12)7-14/h4,6,8,14,17H,3,5,7,9-11H2,1-2H3. The number of benzene rings is 1. The van der Waals surface area contributed by atoms with Gasteiger partial charge in [0.2, 0.25) is 0 Å². The second-order valence-corrected chi connectivity index (χ2v) is 6.26. The van der Waals surface area contributed by atoms with E-state index in [1.807, 2.05) is 0 Å². The van der Waals surface area contributed by atoms with Gasteiger partial charge in [0.15, 0.2) is 0 Å². The van der Waals surface area contributed by atoms with Crippen molar-refractivity contribution >= 4 is 0 Å². The van der Waals surface area contributed by atoms with Gasteiger partial charge in [0.1, 0.15) is 5.75 Å². The van der Waals surface area contributed by atoms with E-state index >= 15 is 0 Å². The maximum absolute atomic E-state index is 5.32. The molecule has 1 aliphatic heterocycles. The van der Waals surface area contributed by atoms with Crippen LogP contribution in [-0.4, -0.2) is 32.9 Å². The molecule has 2 aliphatic rings. The summed E-state index contributed by atoms with van der Waals surface area (Å²) in [5.74, 6) is 0.971. The van der Waals surface area contributed by atoms with Crippen molar-refractivity contribution in [3.63, 3.8) is 0 Å². The number of aryl methyl sites for hydroxylation is 1. The van der Waals surface area contributed by atoms with E-state index in [9.17, 15) is 0 Å². The Labute approximate surface area is 115 Å². The summed E-state index contributed by atoms with van der Waals surface area (Å²) in [7, 11) is 1.73. The molecule has 1 saturated heterocycles. The highest BCUT2D eigenvalue weighted by Crippen LogP contribution is 2.28. The second kappa shape index (κ2) is 5.14. The highest BCUT2D eigenvalue weighted by atomic mass is 16.5. The van der Waals surface area contributed by atoms with Gasteiger partial charge in [-0.1, -0.05) is 13.0 Å². The molecule has 0 spiro atoms. The van der Waals surface area contributed by atoms with Crippen molar-refractivity contribution in [3.05, 3.63) is 29.3 Å². The Morgan fingerprint density at radius 2 is 2.21 bits per heavy atom. The van der Waals surface area contributed by atoms with Crippen molar-refractivity contribution in [3.8, 4) is 5.75 Å². The van der Waals surface area contributed by atoms with E-state index in [1.165, 1.54) is 24.0 Å². The summed E-state index contributed by atoms with van der Waals surface area (Å²) in [6, 6.07) is 7.07. The van der Waals surface area contributed by atoms with Gasteiger partial charge in [-0.25, -0.2) is 0 Å². The molecule has 1 aromatic rings. The van der Waals surface area contributed by atoms with Gasteiger partial charge in [-0.05, 0) is 42.5 Å². The van der Waals surface area contributed by atoms with Gasteiger partial charge in [-0.15, -0.1) is 0 Å². The molecule has 0 radical (unpaired) electrons. The summed E-state index contributed by atoms with van der Waals surface area (Å²) in [5.41, 5.74) is 3.28. The average Bonchev–Trinajstić information content (AvgIpc) is 2.42. The quantitative estimate of drug-likeness (QED) is 0.901. The zero-order chi connectivity index (χ0) is 13.3. The van der Waals surface area contributed by atoms with Gasteiger partial charge in [0.25, 0.3) is 0 Å². The molecule has 1 aromatic carbocycles. The van der Waals surface area contributed by atoms with E-state index in [0.29, 0.717) is 11.5 Å². The number of fused-ring (bicyclic) bond motifs is 1. The molecule has 1 N–H and O–H groups in total. The minimum Gasteiger partial charge on any atom is -0.497 e. The summed E-state index contributed by atoms with van der Waals surface area (Å²) in [5, 5.41) is 3.72. The van der Waals surface area contributed by atoms with E-state index in [-0.39, 0.29) is 0 Å². The maximum atomic E-state index is 5.32. The number of nitrogens with one attached hydrogen (secondary N) is 1. The van der Waals surface area contributed by atoms with Crippen LogP contribution in [-0.2, 0) is 17.6 Å². The third-order valence-electron chi connectivity index (χ3n) is 4.36. The smallest absolute Gasteiger partial charge is 0.119 e. The molecular weight excluding hydrogens is 238 g/mol. The lowest BCUT2D eigenvalue weighted by Crippen LogP contribution is -2.50. The Balaban J connectivity index is 1.61. The molecule has 3 heteroatoms. The van der Waals surface area contributed by atoms with Crippen molar-refractivity contribution < 1.29 is 9.47 Å². The van der Waals surface area contributed by atoms with Crippen molar-refractivity contribution in [2.24, 2.45) is 5.41 Å². The van der Waals surface area contributed by atoms with Gasteiger partial charge in [-0.3, -0.25) is 0 Å². The summed E-state index contributed by atoms with van der Waals surface area (Å²) in [6.45, 7) is 5.16. The number of hydrogen-bond donors (Lipinski definition) is 1. The van der Waals surface area contributed by atoms with E-state index in [4.69, 9.17) is 9.47 Å². The Bertz CT molecular complexity index is 454. The zero-order valence-corrected chi connectivity index (χ0v) is 11.9. The number of methoxy groups -OCH3 is 1. The summed E-state index contributed by atoms with van der Waals surface area (Å²) >= 11 is 0. The fourth-order valence-electron chi connectivity index (χ4n) is 2.98. The van der Waals surface area contributed by atoms with E-state index < -0.39 is 0 Å². The fraction of sp³-hybridized carbons (Fsp3) is 0.625. The first-order chi connectivity index (χ1) is 9.18. The van der Waals surface area contributed by atoms with Gasteiger partial charge in [0.05, 0.1) is 20.3 Å². The normalized spacial score (nSPS) is 24.4. The Hall–Kier alpha value is -1.06. The van der Waals surface area contributed by atoms with Crippen LogP contribution in [0.4, 0.5) is 0 Å². The molecule has 0 aromatic heterocycles. The fourth-order valence-corrected chi connectivity index (χ4v) is 2.98. The van der Waals surface area contributed by atoms with Gasteiger partial charge >= 0.3 is 0 Å². The number of ether oxygens (including phenoxy) is 2. The molecule has 3 rings (SSSR count). The van der Waals surface area contributed by atoms with Crippen molar-refractivity contribution in [1.82, 2.24) is 5.32 Å². The van der Waals surface area contributed by atoms with Crippen molar-refractivity contribution in [2.45, 2.75) is 32.2 Å². The average molecular weight is 261 g/mol. The molecule has 0 amide bonds. The van der Waals surface area contributed by atoms with Crippen LogP contribution in [0, 0.1) is 5.41 Å². The van der Waals surface area contributed by atoms with Crippen molar-refractivity contribution in [2.75, 3.05) is 26.9 Å². The molecule has 1 heterocycles. The number of hydrogen-bond acceptors (Lipinski definition) is 3. The Morgan fingerprint density at radius 3 is 2.89 bits per heavy atom. The molecule has 0 bridgehead atoms. The van der Waals surface area contributed by atoms with E-state index in [0.717, 1.165) is 31.9 Å². The monoisotopic (exact) mass is 261 g/mol. The lowest BCUT2D eigenvalue weighted by atomic mass is 9.85. The Kier molecular flexibility index (Phi) is 3.50. The first-order valence-electron chi connectivity index (χ1n) is 7.15. The predicted molar refractivity (Wildman–Crippen MR) is 75.7 cm³/mol. The molecule has 1 aliphatic carbocycles. The van der Waals surface area contributed by atoms with Crippen LogP contribution in [0.2, 0.25) is 0 Å². The van der Waals surface area contributed by atoms with E-state index in [1.54, 1.807) is 7.11 Å². The summed E-state index contributed by atoms with van der Waals surface area (Å²) in [4.78, 5) is 0. The molecular formula is C16H23NO2. The van der Waals surface area contributed by atoms with Gasteiger partial charge in [0, 0.05) is 18.0 Å². The maximum Gasteiger partial charge on any atom is 0.119 e. The minimum absolute atomic E-state index is 0.356. The third kappa shape index (κ3) is 2.77. The number of rotatable bonds is 4. The second-order valence-electron chi connectivity index (χ2n) is 6.26. The first-order valence-corrected chi connectivity index (χ1v) is 7.15. The van der Waals surface area contributed by atoms with Crippen LogP contribution in [0.5, 0.6) is 5.75 Å². The van der Waals surface area contributed by atoms with Crippen LogP contribution < -0.4 is 10.1 Å².